The summed E-state index contributed by atoms with van der Waals surface area (Å²) in [6.07, 6.45) is 3.68. The lowest BCUT2D eigenvalue weighted by Crippen LogP contribution is -2.48. The van der Waals surface area contributed by atoms with E-state index in [1.54, 1.807) is 6.92 Å². The number of aliphatic imine (C=N–C) groups is 2. The first-order valence-corrected chi connectivity index (χ1v) is 17.1. The second-order valence-corrected chi connectivity index (χ2v) is 12.8. The molecule has 0 aromatic heterocycles. The largest absolute Gasteiger partial charge is 0.493 e. The number of amides is 2. The van der Waals surface area contributed by atoms with Crippen molar-refractivity contribution < 1.29 is 28.2 Å². The van der Waals surface area contributed by atoms with Crippen LogP contribution in [0.25, 0.3) is 0 Å². The summed E-state index contributed by atoms with van der Waals surface area (Å²) in [5.74, 6) is -0.678. The van der Waals surface area contributed by atoms with Crippen LogP contribution in [0.2, 0.25) is 0 Å². The smallest absolute Gasteiger partial charge is 0.327 e. The van der Waals surface area contributed by atoms with Crippen molar-refractivity contribution in [2.45, 2.75) is 44.4 Å². The van der Waals surface area contributed by atoms with Gasteiger partial charge in [-0.25, -0.2) is 18.6 Å². The number of urea groups is 1. The summed E-state index contributed by atoms with van der Waals surface area (Å²) in [5, 5.41) is 20.4. The molecule has 0 bridgehead atoms. The van der Waals surface area contributed by atoms with E-state index in [9.17, 15) is 18.7 Å². The van der Waals surface area contributed by atoms with E-state index in [-0.39, 0.29) is 18.0 Å². The van der Waals surface area contributed by atoms with Gasteiger partial charge in [-0.05, 0) is 74.4 Å². The first-order chi connectivity index (χ1) is 24.7. The number of nitrogens with one attached hydrogen (secondary N) is 2. The minimum absolute atomic E-state index is 0.0432. The maximum atomic E-state index is 14.9. The van der Waals surface area contributed by atoms with Gasteiger partial charge in [0.15, 0.2) is 0 Å². The molecular weight excluding hydrogens is 658 g/mol. The standard InChI is InChI=1S/C37H46F2N8O4/c1-3-35(26(2)48)44-36(49)47(24-41)31-7-5-29(6-8-31)45-14-16-46(17-15-45)30-9-11-32(12-10-30)50-20-27-19-37(51-21-27,22-42-25-43-23-40)33-13-4-28(38)18-34(33)39/h4-13,18,23-27,35,41,48H,3,14-17,19-22H2,1-2H3,(H,44,49)(H2,40,42,43)/t26-,27+,35-,37-/m0/s1. The summed E-state index contributed by atoms with van der Waals surface area (Å²) >= 11 is 0. The minimum atomic E-state index is -1.07. The molecule has 0 aliphatic carbocycles. The van der Waals surface area contributed by atoms with Crippen molar-refractivity contribution in [3.63, 3.8) is 0 Å². The molecule has 0 spiro atoms. The van der Waals surface area contributed by atoms with Crippen LogP contribution in [-0.4, -0.2) is 88.2 Å². The lowest BCUT2D eigenvalue weighted by atomic mass is 9.87. The predicted octanol–water partition coefficient (Wildman–Crippen LogP) is 4.90. The summed E-state index contributed by atoms with van der Waals surface area (Å²) in [4.78, 5) is 26.6. The molecule has 2 saturated heterocycles. The molecule has 2 amide bonds. The number of piperazine rings is 1. The highest BCUT2D eigenvalue weighted by atomic mass is 19.1. The van der Waals surface area contributed by atoms with Crippen molar-refractivity contribution in [2.24, 2.45) is 21.6 Å². The van der Waals surface area contributed by atoms with Gasteiger partial charge in [0.1, 0.15) is 29.3 Å². The van der Waals surface area contributed by atoms with E-state index in [2.05, 4.69) is 25.1 Å². The van der Waals surface area contributed by atoms with Crippen molar-refractivity contribution in [1.29, 1.82) is 5.41 Å². The van der Waals surface area contributed by atoms with Gasteiger partial charge in [-0.3, -0.25) is 15.3 Å². The van der Waals surface area contributed by atoms with Gasteiger partial charge >= 0.3 is 6.03 Å². The monoisotopic (exact) mass is 704 g/mol. The molecule has 2 aliphatic heterocycles. The zero-order chi connectivity index (χ0) is 36.4. The summed E-state index contributed by atoms with van der Waals surface area (Å²) in [6.45, 7) is 7.54. The molecule has 2 fully saturated rings. The first-order valence-electron chi connectivity index (χ1n) is 17.1. The Balaban J connectivity index is 1.12. The van der Waals surface area contributed by atoms with Crippen molar-refractivity contribution >= 4 is 42.1 Å². The van der Waals surface area contributed by atoms with Crippen molar-refractivity contribution in [1.82, 2.24) is 5.32 Å². The van der Waals surface area contributed by atoms with Crippen LogP contribution in [0.3, 0.4) is 0 Å². The van der Waals surface area contributed by atoms with Gasteiger partial charge in [0, 0.05) is 55.1 Å². The number of rotatable bonds is 14. The molecule has 4 atom stereocenters. The highest BCUT2D eigenvalue weighted by Crippen LogP contribution is 2.41. The number of nitrogens with zero attached hydrogens (tertiary/aromatic N) is 5. The summed E-state index contributed by atoms with van der Waals surface area (Å²) < 4.78 is 40.8. The first kappa shape index (κ1) is 37.2. The Morgan fingerprint density at radius 3 is 2.33 bits per heavy atom. The maximum absolute atomic E-state index is 14.9. The lowest BCUT2D eigenvalue weighted by molar-refractivity contribution is 0.00416. The van der Waals surface area contributed by atoms with E-state index < -0.39 is 35.4 Å². The molecule has 5 N–H and O–H groups in total. The molecule has 2 aliphatic rings. The van der Waals surface area contributed by atoms with Crippen molar-refractivity contribution in [2.75, 3.05) is 60.6 Å². The van der Waals surface area contributed by atoms with Crippen LogP contribution in [0.4, 0.5) is 30.6 Å². The van der Waals surface area contributed by atoms with Crippen LogP contribution in [0, 0.1) is 23.0 Å². The quantitative estimate of drug-likeness (QED) is 0.138. The molecular formula is C37H46F2N8O4. The highest BCUT2D eigenvalue weighted by Gasteiger charge is 2.44. The fourth-order valence-corrected chi connectivity index (χ4v) is 6.54. The SMILES string of the molecule is CC[C@H](NC(=O)N(C=N)c1ccc(N2CCN(c3ccc(OC[C@@H]4CO[C@@](CN=CN=CN)(c5ccc(F)cc5F)C4)cc3)CC2)cc1)[C@H](C)O. The second kappa shape index (κ2) is 17.2. The topological polar surface area (TPSA) is 152 Å². The Labute approximate surface area is 297 Å². The van der Waals surface area contributed by atoms with Gasteiger partial charge < -0.3 is 35.4 Å². The average molecular weight is 705 g/mol. The number of carbonyl (C=O) groups is 1. The number of nitrogens with two attached hydrogens (primary N) is 1. The third-order valence-corrected chi connectivity index (χ3v) is 9.36. The van der Waals surface area contributed by atoms with Crippen molar-refractivity contribution in [3.05, 3.63) is 83.9 Å². The van der Waals surface area contributed by atoms with Gasteiger partial charge in [-0.1, -0.05) is 13.0 Å². The van der Waals surface area contributed by atoms with E-state index in [0.29, 0.717) is 37.5 Å². The van der Waals surface area contributed by atoms with Crippen molar-refractivity contribution in [3.8, 4) is 5.75 Å². The van der Waals surface area contributed by atoms with Gasteiger partial charge in [0.05, 0.1) is 50.3 Å². The number of benzene rings is 3. The predicted molar refractivity (Wildman–Crippen MR) is 196 cm³/mol. The van der Waals surface area contributed by atoms with Gasteiger partial charge in [-0.15, -0.1) is 0 Å². The number of halogens is 2. The van der Waals surface area contributed by atoms with Crippen LogP contribution < -0.4 is 30.5 Å². The van der Waals surface area contributed by atoms with Gasteiger partial charge in [0.25, 0.3) is 0 Å². The maximum Gasteiger partial charge on any atom is 0.327 e. The molecule has 3 aromatic rings. The Bertz CT molecular complexity index is 1670. The molecule has 0 unspecified atom stereocenters. The Morgan fingerprint density at radius 1 is 1.12 bits per heavy atom. The number of aliphatic hydroxyl groups is 1. The minimum Gasteiger partial charge on any atom is -0.493 e. The van der Waals surface area contributed by atoms with Gasteiger partial charge in [0.2, 0.25) is 0 Å². The fraction of sp³-hybridized carbons (Fsp3) is 0.405. The molecule has 0 saturated carbocycles. The Kier molecular flexibility index (Phi) is 12.6. The molecule has 5 rings (SSSR count). The van der Waals surface area contributed by atoms with Crippen LogP contribution in [-0.2, 0) is 10.3 Å². The zero-order valence-electron chi connectivity index (χ0n) is 28.9. The fourth-order valence-electron chi connectivity index (χ4n) is 6.54. The number of anilines is 3. The molecule has 12 nitrogen and oxygen atoms in total. The second-order valence-electron chi connectivity index (χ2n) is 12.8. The van der Waals surface area contributed by atoms with Crippen LogP contribution in [0.5, 0.6) is 5.75 Å². The number of aliphatic hydroxyl groups excluding tert-OH is 1. The Hall–Kier alpha value is -5.08. The summed E-state index contributed by atoms with van der Waals surface area (Å²) in [6, 6.07) is 18.1. The number of carbonyl (C=O) groups excluding carboxylic acids is 1. The summed E-state index contributed by atoms with van der Waals surface area (Å²) in [7, 11) is 0. The zero-order valence-corrected chi connectivity index (χ0v) is 28.9. The van der Waals surface area contributed by atoms with E-state index in [1.807, 2.05) is 55.5 Å². The van der Waals surface area contributed by atoms with E-state index in [0.717, 1.165) is 56.3 Å². The molecule has 272 valence electrons. The molecule has 14 heteroatoms. The highest BCUT2D eigenvalue weighted by molar-refractivity contribution is 6.06. The summed E-state index contributed by atoms with van der Waals surface area (Å²) in [5.41, 5.74) is 7.14. The molecule has 0 radical (unpaired) electrons. The van der Waals surface area contributed by atoms with Crippen LogP contribution in [0.15, 0.2) is 76.7 Å². The number of ether oxygens (including phenoxy) is 2. The van der Waals surface area contributed by atoms with Gasteiger partial charge in [-0.2, -0.15) is 0 Å². The molecule has 51 heavy (non-hydrogen) atoms. The number of hydrogen-bond donors (Lipinski definition) is 4. The molecule has 3 aromatic carbocycles. The Morgan fingerprint density at radius 2 is 1.76 bits per heavy atom. The number of hydrogen-bond acceptors (Lipinski definition) is 8. The van der Waals surface area contributed by atoms with E-state index >= 15 is 0 Å². The van der Waals surface area contributed by atoms with E-state index in [1.165, 1.54) is 23.4 Å². The van der Waals surface area contributed by atoms with E-state index in [4.69, 9.17) is 20.6 Å². The third kappa shape index (κ3) is 9.18. The lowest BCUT2D eigenvalue weighted by Gasteiger charge is -2.37. The molecule has 2 heterocycles. The van der Waals surface area contributed by atoms with Crippen LogP contribution >= 0.6 is 0 Å². The average Bonchev–Trinajstić information content (AvgIpc) is 3.56. The third-order valence-electron chi connectivity index (χ3n) is 9.36. The normalized spacial score (nSPS) is 20.5. The van der Waals surface area contributed by atoms with Crippen LogP contribution in [0.1, 0.15) is 32.3 Å².